The van der Waals surface area contributed by atoms with Gasteiger partial charge in [-0.05, 0) is 36.8 Å². The minimum absolute atomic E-state index is 0.000101. The maximum Gasteiger partial charge on any atom is 0.417 e. The number of hydrogen-bond acceptors (Lipinski definition) is 2. The first-order valence-corrected chi connectivity index (χ1v) is 7.00. The van der Waals surface area contributed by atoms with Gasteiger partial charge < -0.3 is 10.1 Å². The fourth-order valence-corrected chi connectivity index (χ4v) is 2.10. The van der Waals surface area contributed by atoms with E-state index in [0.717, 1.165) is 17.7 Å². The summed E-state index contributed by atoms with van der Waals surface area (Å²) in [6, 6.07) is 10.3. The highest BCUT2D eigenvalue weighted by Crippen LogP contribution is 2.36. The second-order valence-corrected chi connectivity index (χ2v) is 5.20. The molecule has 1 N–H and O–H groups in total. The summed E-state index contributed by atoms with van der Waals surface area (Å²) >= 11 is 5.52. The lowest BCUT2D eigenvalue weighted by Crippen LogP contribution is -2.20. The van der Waals surface area contributed by atoms with Crippen molar-refractivity contribution in [1.29, 1.82) is 0 Å². The molecule has 0 aliphatic rings. The van der Waals surface area contributed by atoms with Crippen molar-refractivity contribution >= 4 is 23.2 Å². The van der Waals surface area contributed by atoms with Crippen LogP contribution >= 0.6 is 11.6 Å². The van der Waals surface area contributed by atoms with Crippen LogP contribution in [-0.2, 0) is 11.0 Å². The Hall–Kier alpha value is -2.21. The van der Waals surface area contributed by atoms with Crippen LogP contribution in [0.3, 0.4) is 0 Å². The van der Waals surface area contributed by atoms with Crippen LogP contribution in [0.1, 0.15) is 11.1 Å². The molecule has 0 unspecified atom stereocenters. The molecule has 23 heavy (non-hydrogen) atoms. The zero-order valence-electron chi connectivity index (χ0n) is 12.1. The third-order valence-electron chi connectivity index (χ3n) is 3.01. The number of carbonyl (C=O) groups is 1. The molecule has 2 rings (SSSR count). The number of rotatable bonds is 4. The minimum atomic E-state index is -4.59. The predicted molar refractivity (Wildman–Crippen MR) is 81.8 cm³/mol. The van der Waals surface area contributed by atoms with Crippen LogP contribution < -0.4 is 10.1 Å². The first-order chi connectivity index (χ1) is 10.8. The lowest BCUT2D eigenvalue weighted by molar-refractivity contribution is -0.137. The molecule has 7 heteroatoms. The first kappa shape index (κ1) is 17.1. The van der Waals surface area contributed by atoms with E-state index in [1.165, 1.54) is 6.07 Å². The van der Waals surface area contributed by atoms with Crippen molar-refractivity contribution in [2.24, 2.45) is 0 Å². The van der Waals surface area contributed by atoms with Gasteiger partial charge in [0.05, 0.1) is 10.6 Å². The van der Waals surface area contributed by atoms with Crippen LogP contribution in [-0.4, -0.2) is 12.5 Å². The zero-order valence-corrected chi connectivity index (χ0v) is 12.8. The van der Waals surface area contributed by atoms with Gasteiger partial charge in [-0.2, -0.15) is 13.2 Å². The zero-order chi connectivity index (χ0) is 17.0. The Morgan fingerprint density at radius 3 is 2.57 bits per heavy atom. The molecule has 0 saturated carbocycles. The molecule has 0 bridgehead atoms. The third kappa shape index (κ3) is 4.63. The van der Waals surface area contributed by atoms with E-state index in [2.05, 4.69) is 5.32 Å². The van der Waals surface area contributed by atoms with Gasteiger partial charge in [0.15, 0.2) is 6.61 Å². The highest BCUT2D eigenvalue weighted by atomic mass is 35.5. The molecule has 122 valence electrons. The summed E-state index contributed by atoms with van der Waals surface area (Å²) in [5, 5.41) is 1.92. The molecule has 0 radical (unpaired) electrons. The Kier molecular flexibility index (Phi) is 5.15. The summed E-state index contributed by atoms with van der Waals surface area (Å²) in [6.07, 6.45) is -4.59. The number of para-hydroxylation sites is 1. The molecule has 0 aliphatic carbocycles. The standard InChI is InChI=1S/C16H13ClF3NO2/c1-10-4-2-3-5-14(10)23-9-15(22)21-11-6-7-13(17)12(8-11)16(18,19)20/h2-8H,9H2,1H3,(H,21,22). The van der Waals surface area contributed by atoms with E-state index in [-0.39, 0.29) is 12.3 Å². The van der Waals surface area contributed by atoms with Gasteiger partial charge in [0, 0.05) is 5.69 Å². The van der Waals surface area contributed by atoms with Crippen LogP contribution in [0.15, 0.2) is 42.5 Å². The van der Waals surface area contributed by atoms with Gasteiger partial charge in [0.1, 0.15) is 5.75 Å². The first-order valence-electron chi connectivity index (χ1n) is 6.62. The largest absolute Gasteiger partial charge is 0.483 e. The quantitative estimate of drug-likeness (QED) is 0.875. The molecule has 0 aromatic heterocycles. The maximum absolute atomic E-state index is 12.8. The Morgan fingerprint density at radius 2 is 1.91 bits per heavy atom. The predicted octanol–water partition coefficient (Wildman–Crippen LogP) is 4.68. The molecule has 3 nitrogen and oxygen atoms in total. The molecule has 0 heterocycles. The highest BCUT2D eigenvalue weighted by Gasteiger charge is 2.33. The normalized spacial score (nSPS) is 11.2. The van der Waals surface area contributed by atoms with Crippen molar-refractivity contribution in [2.75, 3.05) is 11.9 Å². The van der Waals surface area contributed by atoms with Gasteiger partial charge in [-0.15, -0.1) is 0 Å². The second-order valence-electron chi connectivity index (χ2n) is 4.79. The fourth-order valence-electron chi connectivity index (χ4n) is 1.88. The number of benzene rings is 2. The number of ether oxygens (including phenoxy) is 1. The van der Waals surface area contributed by atoms with Crippen molar-refractivity contribution in [3.8, 4) is 5.75 Å². The SMILES string of the molecule is Cc1ccccc1OCC(=O)Nc1ccc(Cl)c(C(F)(F)F)c1. The average Bonchev–Trinajstić information content (AvgIpc) is 2.47. The van der Waals surface area contributed by atoms with Gasteiger partial charge in [-0.3, -0.25) is 4.79 Å². The van der Waals surface area contributed by atoms with Crippen molar-refractivity contribution in [2.45, 2.75) is 13.1 Å². The summed E-state index contributed by atoms with van der Waals surface area (Å²) in [5.74, 6) is -0.0292. The Morgan fingerprint density at radius 1 is 1.22 bits per heavy atom. The number of hydrogen-bond donors (Lipinski definition) is 1. The number of amides is 1. The van der Waals surface area contributed by atoms with Crippen LogP contribution in [0.25, 0.3) is 0 Å². The van der Waals surface area contributed by atoms with Crippen LogP contribution in [0.4, 0.5) is 18.9 Å². The second kappa shape index (κ2) is 6.91. The number of anilines is 1. The van der Waals surface area contributed by atoms with Gasteiger partial charge in [-0.25, -0.2) is 0 Å². The van der Waals surface area contributed by atoms with E-state index < -0.39 is 22.7 Å². The fraction of sp³-hybridized carbons (Fsp3) is 0.188. The lowest BCUT2D eigenvalue weighted by atomic mass is 10.2. The Bertz CT molecular complexity index is 717. The number of carbonyl (C=O) groups excluding carboxylic acids is 1. The van der Waals surface area contributed by atoms with Gasteiger partial charge in [0.25, 0.3) is 5.91 Å². The third-order valence-corrected chi connectivity index (χ3v) is 3.34. The summed E-state index contributed by atoms with van der Waals surface area (Å²) in [6.45, 7) is 1.51. The summed E-state index contributed by atoms with van der Waals surface area (Å²) < 4.78 is 43.6. The van der Waals surface area contributed by atoms with E-state index in [9.17, 15) is 18.0 Å². The van der Waals surface area contributed by atoms with Gasteiger partial charge >= 0.3 is 6.18 Å². The lowest BCUT2D eigenvalue weighted by Gasteiger charge is -2.12. The number of aryl methyl sites for hydroxylation is 1. The average molecular weight is 344 g/mol. The summed E-state index contributed by atoms with van der Waals surface area (Å²) in [7, 11) is 0. The molecular weight excluding hydrogens is 331 g/mol. The molecule has 0 fully saturated rings. The number of halogens is 4. The smallest absolute Gasteiger partial charge is 0.417 e. The van der Waals surface area contributed by atoms with Crippen LogP contribution in [0.5, 0.6) is 5.75 Å². The summed E-state index contributed by atoms with van der Waals surface area (Å²) in [4.78, 5) is 11.8. The molecule has 0 spiro atoms. The Balaban J connectivity index is 2.02. The van der Waals surface area contributed by atoms with Crippen molar-refractivity contribution < 1.29 is 22.7 Å². The van der Waals surface area contributed by atoms with E-state index in [1.807, 2.05) is 19.1 Å². The molecular formula is C16H13ClF3NO2. The van der Waals surface area contributed by atoms with Crippen molar-refractivity contribution in [1.82, 2.24) is 0 Å². The minimum Gasteiger partial charge on any atom is -0.483 e. The topological polar surface area (TPSA) is 38.3 Å². The van der Waals surface area contributed by atoms with Crippen LogP contribution in [0.2, 0.25) is 5.02 Å². The van der Waals surface area contributed by atoms with Crippen molar-refractivity contribution in [3.05, 3.63) is 58.6 Å². The summed E-state index contributed by atoms with van der Waals surface area (Å²) in [5.41, 5.74) is -0.150. The molecule has 2 aromatic carbocycles. The van der Waals surface area contributed by atoms with Gasteiger partial charge in [-0.1, -0.05) is 29.8 Å². The number of alkyl halides is 3. The molecule has 1 amide bonds. The van der Waals surface area contributed by atoms with Crippen molar-refractivity contribution in [3.63, 3.8) is 0 Å². The van der Waals surface area contributed by atoms with Gasteiger partial charge in [0.2, 0.25) is 0 Å². The molecule has 0 saturated heterocycles. The highest BCUT2D eigenvalue weighted by molar-refractivity contribution is 6.31. The van der Waals surface area contributed by atoms with E-state index in [1.54, 1.807) is 12.1 Å². The van der Waals surface area contributed by atoms with E-state index in [4.69, 9.17) is 16.3 Å². The van der Waals surface area contributed by atoms with E-state index in [0.29, 0.717) is 5.75 Å². The monoisotopic (exact) mass is 343 g/mol. The molecule has 0 aliphatic heterocycles. The molecule has 0 atom stereocenters. The van der Waals surface area contributed by atoms with E-state index >= 15 is 0 Å². The number of nitrogens with one attached hydrogen (secondary N) is 1. The van der Waals surface area contributed by atoms with Crippen LogP contribution in [0, 0.1) is 6.92 Å². The maximum atomic E-state index is 12.8. The molecule has 2 aromatic rings. The Labute approximate surface area is 136 Å².